The van der Waals surface area contributed by atoms with Crippen molar-refractivity contribution in [2.24, 2.45) is 5.92 Å². The monoisotopic (exact) mass is 371 g/mol. The van der Waals surface area contributed by atoms with Crippen LogP contribution in [-0.4, -0.2) is 30.8 Å². The highest BCUT2D eigenvalue weighted by Crippen LogP contribution is 2.12. The Morgan fingerprint density at radius 3 is 1.93 bits per heavy atom. The standard InChI is InChI=1S/C20H22FN3O3/c1-13(2)18(25)22-11-12-23-19(26)14-5-9-17(10-6-14)24-20(27)15-3-7-16(21)8-4-15/h3-10,13H,11-12H2,1-2H3,(H,22,25)(H,23,26)(H,24,27). The molecule has 0 unspecified atom stereocenters. The summed E-state index contributed by atoms with van der Waals surface area (Å²) in [5, 5.41) is 8.10. The van der Waals surface area contributed by atoms with Crippen LogP contribution in [-0.2, 0) is 4.79 Å². The van der Waals surface area contributed by atoms with Crippen LogP contribution in [0.2, 0.25) is 0 Å². The molecule has 0 saturated carbocycles. The number of benzene rings is 2. The highest BCUT2D eigenvalue weighted by molar-refractivity contribution is 6.04. The van der Waals surface area contributed by atoms with Crippen LogP contribution < -0.4 is 16.0 Å². The summed E-state index contributed by atoms with van der Waals surface area (Å²) in [5.41, 5.74) is 1.29. The fraction of sp³-hybridized carbons (Fsp3) is 0.250. The molecule has 0 spiro atoms. The van der Waals surface area contributed by atoms with Crippen molar-refractivity contribution < 1.29 is 18.8 Å². The molecule has 0 saturated heterocycles. The van der Waals surface area contributed by atoms with Crippen molar-refractivity contribution in [2.45, 2.75) is 13.8 Å². The van der Waals surface area contributed by atoms with Gasteiger partial charge in [-0.05, 0) is 48.5 Å². The molecule has 2 aromatic rings. The smallest absolute Gasteiger partial charge is 0.255 e. The molecular formula is C20H22FN3O3. The van der Waals surface area contributed by atoms with E-state index in [4.69, 9.17) is 0 Å². The van der Waals surface area contributed by atoms with Crippen molar-refractivity contribution in [3.8, 4) is 0 Å². The summed E-state index contributed by atoms with van der Waals surface area (Å²) in [5.74, 6) is -1.21. The van der Waals surface area contributed by atoms with Gasteiger partial charge in [0.2, 0.25) is 5.91 Å². The van der Waals surface area contributed by atoms with Gasteiger partial charge in [0.05, 0.1) is 0 Å². The number of anilines is 1. The second-order valence-electron chi connectivity index (χ2n) is 6.24. The van der Waals surface area contributed by atoms with Crippen molar-refractivity contribution in [2.75, 3.05) is 18.4 Å². The van der Waals surface area contributed by atoms with Gasteiger partial charge in [0.25, 0.3) is 11.8 Å². The molecule has 0 aliphatic rings. The van der Waals surface area contributed by atoms with Crippen molar-refractivity contribution in [1.29, 1.82) is 0 Å². The normalized spacial score (nSPS) is 10.4. The largest absolute Gasteiger partial charge is 0.354 e. The Morgan fingerprint density at radius 2 is 1.33 bits per heavy atom. The summed E-state index contributed by atoms with van der Waals surface area (Å²) < 4.78 is 12.9. The third-order valence-electron chi connectivity index (χ3n) is 3.75. The molecule has 0 aliphatic heterocycles. The molecule has 7 heteroatoms. The molecule has 0 heterocycles. The van der Waals surface area contributed by atoms with Gasteiger partial charge in [-0.2, -0.15) is 0 Å². The molecule has 3 N–H and O–H groups in total. The van der Waals surface area contributed by atoms with Crippen LogP contribution in [0.3, 0.4) is 0 Å². The first-order valence-corrected chi connectivity index (χ1v) is 8.59. The summed E-state index contributed by atoms with van der Waals surface area (Å²) in [7, 11) is 0. The first kappa shape index (κ1) is 20.1. The molecule has 0 aliphatic carbocycles. The maximum atomic E-state index is 12.9. The van der Waals surface area contributed by atoms with Crippen LogP contribution >= 0.6 is 0 Å². The number of rotatable bonds is 7. The van der Waals surface area contributed by atoms with Gasteiger partial charge in [-0.1, -0.05) is 13.8 Å². The average Bonchev–Trinajstić information content (AvgIpc) is 2.65. The molecule has 0 fully saturated rings. The van der Waals surface area contributed by atoms with Crippen LogP contribution in [0.15, 0.2) is 48.5 Å². The van der Waals surface area contributed by atoms with E-state index in [1.807, 2.05) is 0 Å². The second kappa shape index (κ2) is 9.47. The predicted octanol–water partition coefficient (Wildman–Crippen LogP) is 2.58. The SMILES string of the molecule is CC(C)C(=O)NCCNC(=O)c1ccc(NC(=O)c2ccc(F)cc2)cc1. The number of hydrogen-bond donors (Lipinski definition) is 3. The third-order valence-corrected chi connectivity index (χ3v) is 3.75. The van der Waals surface area contributed by atoms with Gasteiger partial charge in [-0.3, -0.25) is 14.4 Å². The predicted molar refractivity (Wildman–Crippen MR) is 101 cm³/mol. The van der Waals surface area contributed by atoms with Gasteiger partial charge < -0.3 is 16.0 Å². The Labute approximate surface area is 157 Å². The van der Waals surface area contributed by atoms with Crippen LogP contribution in [0.5, 0.6) is 0 Å². The second-order valence-corrected chi connectivity index (χ2v) is 6.24. The Morgan fingerprint density at radius 1 is 0.815 bits per heavy atom. The zero-order chi connectivity index (χ0) is 19.8. The Hall–Kier alpha value is -3.22. The van der Waals surface area contributed by atoms with Gasteiger partial charge in [-0.25, -0.2) is 4.39 Å². The van der Waals surface area contributed by atoms with E-state index in [0.717, 1.165) is 0 Å². The molecule has 142 valence electrons. The summed E-state index contributed by atoms with van der Waals surface area (Å²) >= 11 is 0. The van der Waals surface area contributed by atoms with E-state index in [-0.39, 0.29) is 23.6 Å². The maximum absolute atomic E-state index is 12.9. The van der Waals surface area contributed by atoms with Crippen LogP contribution in [0.1, 0.15) is 34.6 Å². The fourth-order valence-corrected chi connectivity index (χ4v) is 2.18. The summed E-state index contributed by atoms with van der Waals surface area (Å²) in [4.78, 5) is 35.6. The van der Waals surface area contributed by atoms with Gasteiger partial charge >= 0.3 is 0 Å². The third kappa shape index (κ3) is 6.22. The van der Waals surface area contributed by atoms with Gasteiger partial charge in [0.15, 0.2) is 0 Å². The molecular weight excluding hydrogens is 349 g/mol. The Bertz CT molecular complexity index is 802. The van der Waals surface area contributed by atoms with Crippen molar-refractivity contribution >= 4 is 23.4 Å². The molecule has 2 aromatic carbocycles. The van der Waals surface area contributed by atoms with Crippen LogP contribution in [0.25, 0.3) is 0 Å². The van der Waals surface area contributed by atoms with Crippen molar-refractivity contribution in [3.05, 3.63) is 65.5 Å². The van der Waals surface area contributed by atoms with Crippen LogP contribution in [0.4, 0.5) is 10.1 Å². The lowest BCUT2D eigenvalue weighted by Crippen LogP contribution is -2.36. The molecule has 0 aromatic heterocycles. The number of hydrogen-bond acceptors (Lipinski definition) is 3. The van der Waals surface area contributed by atoms with Gasteiger partial charge in [0, 0.05) is 35.8 Å². The summed E-state index contributed by atoms with van der Waals surface area (Å²) in [6.45, 7) is 4.27. The molecule has 0 radical (unpaired) electrons. The van der Waals surface area contributed by atoms with Gasteiger partial charge in [0.1, 0.15) is 5.82 Å². The van der Waals surface area contributed by atoms with E-state index >= 15 is 0 Å². The average molecular weight is 371 g/mol. The summed E-state index contributed by atoms with van der Waals surface area (Å²) in [6, 6.07) is 11.6. The van der Waals surface area contributed by atoms with E-state index in [1.54, 1.807) is 38.1 Å². The molecule has 0 bridgehead atoms. The van der Waals surface area contributed by atoms with Crippen molar-refractivity contribution in [1.82, 2.24) is 10.6 Å². The number of nitrogens with one attached hydrogen (secondary N) is 3. The quantitative estimate of drug-likeness (QED) is 0.654. The lowest BCUT2D eigenvalue weighted by atomic mass is 10.1. The number of carbonyl (C=O) groups excluding carboxylic acids is 3. The number of amides is 3. The van der Waals surface area contributed by atoms with E-state index < -0.39 is 5.82 Å². The number of carbonyl (C=O) groups is 3. The molecule has 0 atom stereocenters. The van der Waals surface area contributed by atoms with E-state index in [2.05, 4.69) is 16.0 Å². The highest BCUT2D eigenvalue weighted by atomic mass is 19.1. The first-order valence-electron chi connectivity index (χ1n) is 8.59. The van der Waals surface area contributed by atoms with E-state index in [9.17, 15) is 18.8 Å². The zero-order valence-corrected chi connectivity index (χ0v) is 15.2. The van der Waals surface area contributed by atoms with Gasteiger partial charge in [-0.15, -0.1) is 0 Å². The lowest BCUT2D eigenvalue weighted by Gasteiger charge is -2.09. The first-order chi connectivity index (χ1) is 12.9. The molecule has 6 nitrogen and oxygen atoms in total. The molecule has 2 rings (SSSR count). The Balaban J connectivity index is 1.83. The molecule has 27 heavy (non-hydrogen) atoms. The molecule has 3 amide bonds. The minimum Gasteiger partial charge on any atom is -0.354 e. The van der Waals surface area contributed by atoms with E-state index in [0.29, 0.717) is 29.9 Å². The highest BCUT2D eigenvalue weighted by Gasteiger charge is 2.09. The maximum Gasteiger partial charge on any atom is 0.255 e. The lowest BCUT2D eigenvalue weighted by molar-refractivity contribution is -0.123. The Kier molecular flexibility index (Phi) is 7.05. The van der Waals surface area contributed by atoms with Crippen molar-refractivity contribution in [3.63, 3.8) is 0 Å². The minimum atomic E-state index is -0.411. The fourth-order valence-electron chi connectivity index (χ4n) is 2.18. The van der Waals surface area contributed by atoms with E-state index in [1.165, 1.54) is 24.3 Å². The minimum absolute atomic E-state index is 0.0644. The number of halogens is 1. The zero-order valence-electron chi connectivity index (χ0n) is 15.2. The topological polar surface area (TPSA) is 87.3 Å². The summed E-state index contributed by atoms with van der Waals surface area (Å²) in [6.07, 6.45) is 0. The van der Waals surface area contributed by atoms with Crippen LogP contribution in [0, 0.1) is 11.7 Å².